The molecule has 1 amide bonds. The van der Waals surface area contributed by atoms with Gasteiger partial charge in [0.2, 0.25) is 0 Å². The van der Waals surface area contributed by atoms with Gasteiger partial charge in [0.1, 0.15) is 11.5 Å². The number of aromatic amines is 2. The van der Waals surface area contributed by atoms with E-state index in [-0.39, 0.29) is 17.9 Å². The average Bonchev–Trinajstić information content (AvgIpc) is 3.38. The van der Waals surface area contributed by atoms with E-state index in [9.17, 15) is 4.79 Å². The van der Waals surface area contributed by atoms with Crippen molar-refractivity contribution in [2.24, 2.45) is 10.4 Å². The highest BCUT2D eigenvalue weighted by Crippen LogP contribution is 2.31. The van der Waals surface area contributed by atoms with E-state index in [1.165, 1.54) is 5.56 Å². The third kappa shape index (κ3) is 5.35. The van der Waals surface area contributed by atoms with Crippen LogP contribution in [0, 0.1) is 12.3 Å². The lowest BCUT2D eigenvalue weighted by molar-refractivity contribution is -0.121. The second kappa shape index (κ2) is 9.25. The fourth-order valence-corrected chi connectivity index (χ4v) is 3.92. The summed E-state index contributed by atoms with van der Waals surface area (Å²) in [5.74, 6) is 0.699. The molecule has 0 unspecified atom stereocenters. The summed E-state index contributed by atoms with van der Waals surface area (Å²) < 4.78 is 5.66. The van der Waals surface area contributed by atoms with E-state index in [0.29, 0.717) is 6.54 Å². The number of hydrogen-bond donors (Lipinski definition) is 2. The molecule has 33 heavy (non-hydrogen) atoms. The van der Waals surface area contributed by atoms with Gasteiger partial charge in [-0.05, 0) is 49.5 Å². The molecule has 0 bridgehead atoms. The van der Waals surface area contributed by atoms with Crippen LogP contribution < -0.4 is 4.90 Å². The van der Waals surface area contributed by atoms with Crippen LogP contribution in [-0.4, -0.2) is 47.5 Å². The SMILES string of the molecule is Cc1[nH]nc(-c2cc3ccc(N(C)C(=O)COC4=CC=NCC4)cc3[nH]2)c1CCC(C)(C)C. The molecule has 3 aromatic rings. The lowest BCUT2D eigenvalue weighted by Crippen LogP contribution is -2.30. The van der Waals surface area contributed by atoms with E-state index >= 15 is 0 Å². The van der Waals surface area contributed by atoms with Gasteiger partial charge in [-0.1, -0.05) is 26.8 Å². The van der Waals surface area contributed by atoms with Gasteiger partial charge in [-0.2, -0.15) is 5.10 Å². The number of carbonyl (C=O) groups is 1. The molecule has 0 atom stereocenters. The van der Waals surface area contributed by atoms with Crippen molar-refractivity contribution in [2.75, 3.05) is 25.1 Å². The lowest BCUT2D eigenvalue weighted by atomic mass is 9.88. The predicted octanol–water partition coefficient (Wildman–Crippen LogP) is 5.18. The summed E-state index contributed by atoms with van der Waals surface area (Å²) in [6.45, 7) is 9.57. The Bertz CT molecular complexity index is 1210. The molecule has 7 heteroatoms. The molecule has 0 radical (unpaired) electrons. The minimum absolute atomic E-state index is 0.00781. The van der Waals surface area contributed by atoms with E-state index in [0.717, 1.165) is 58.7 Å². The highest BCUT2D eigenvalue weighted by atomic mass is 16.5. The Morgan fingerprint density at radius 2 is 2.06 bits per heavy atom. The molecular formula is C26H33N5O2. The number of hydrogen-bond acceptors (Lipinski definition) is 4. The van der Waals surface area contributed by atoms with Gasteiger partial charge < -0.3 is 14.6 Å². The molecule has 3 heterocycles. The van der Waals surface area contributed by atoms with E-state index in [2.05, 4.69) is 53.9 Å². The minimum atomic E-state index is -0.100. The van der Waals surface area contributed by atoms with Crippen molar-refractivity contribution in [2.45, 2.75) is 47.0 Å². The number of aliphatic imine (C=N–C) groups is 1. The van der Waals surface area contributed by atoms with Crippen LogP contribution in [0.4, 0.5) is 5.69 Å². The smallest absolute Gasteiger partial charge is 0.264 e. The van der Waals surface area contributed by atoms with Crippen molar-refractivity contribution < 1.29 is 9.53 Å². The molecule has 0 fully saturated rings. The Kier molecular flexibility index (Phi) is 6.40. The van der Waals surface area contributed by atoms with Gasteiger partial charge in [-0.3, -0.25) is 14.9 Å². The maximum Gasteiger partial charge on any atom is 0.264 e. The van der Waals surface area contributed by atoms with Crippen molar-refractivity contribution in [1.29, 1.82) is 0 Å². The zero-order chi connectivity index (χ0) is 23.6. The second-order valence-electron chi connectivity index (χ2n) is 9.87. The van der Waals surface area contributed by atoms with Crippen LogP contribution in [0.15, 0.2) is 41.1 Å². The van der Waals surface area contributed by atoms with E-state index in [1.54, 1.807) is 18.2 Å². The number of benzene rings is 1. The Balaban J connectivity index is 1.51. The number of nitrogens with zero attached hydrogens (tertiary/aromatic N) is 3. The van der Waals surface area contributed by atoms with Crippen LogP contribution in [-0.2, 0) is 16.0 Å². The number of dihydropyridines is 1. The molecule has 174 valence electrons. The first-order chi connectivity index (χ1) is 15.7. The van der Waals surface area contributed by atoms with Gasteiger partial charge in [-0.25, -0.2) is 0 Å². The zero-order valence-corrected chi connectivity index (χ0v) is 20.2. The summed E-state index contributed by atoms with van der Waals surface area (Å²) in [4.78, 5) is 21.9. The topological polar surface area (TPSA) is 86.4 Å². The third-order valence-electron chi connectivity index (χ3n) is 6.06. The van der Waals surface area contributed by atoms with Gasteiger partial charge in [0.25, 0.3) is 5.91 Å². The van der Waals surface area contributed by atoms with Crippen molar-refractivity contribution in [3.8, 4) is 11.4 Å². The van der Waals surface area contributed by atoms with Crippen molar-refractivity contribution in [1.82, 2.24) is 15.2 Å². The molecule has 1 aliphatic rings. The van der Waals surface area contributed by atoms with E-state index in [1.807, 2.05) is 24.3 Å². The molecule has 1 aliphatic heterocycles. The molecule has 0 saturated heterocycles. The summed E-state index contributed by atoms with van der Waals surface area (Å²) >= 11 is 0. The van der Waals surface area contributed by atoms with Crippen LogP contribution in [0.5, 0.6) is 0 Å². The molecule has 0 aliphatic carbocycles. The largest absolute Gasteiger partial charge is 0.488 e. The normalized spacial score (nSPS) is 13.9. The second-order valence-corrected chi connectivity index (χ2v) is 9.87. The first-order valence-corrected chi connectivity index (χ1v) is 11.5. The number of ether oxygens (including phenoxy) is 1. The maximum absolute atomic E-state index is 12.7. The number of allylic oxidation sites excluding steroid dienone is 1. The fourth-order valence-electron chi connectivity index (χ4n) is 3.92. The third-order valence-corrected chi connectivity index (χ3v) is 6.06. The highest BCUT2D eigenvalue weighted by Gasteiger charge is 2.19. The molecule has 7 nitrogen and oxygen atoms in total. The van der Waals surface area contributed by atoms with E-state index < -0.39 is 0 Å². The van der Waals surface area contributed by atoms with Crippen LogP contribution in [0.25, 0.3) is 22.3 Å². The average molecular weight is 448 g/mol. The van der Waals surface area contributed by atoms with E-state index in [4.69, 9.17) is 4.74 Å². The van der Waals surface area contributed by atoms with Crippen LogP contribution in [0.3, 0.4) is 0 Å². The molecule has 0 saturated carbocycles. The van der Waals surface area contributed by atoms with Gasteiger partial charge in [0.15, 0.2) is 6.61 Å². The number of amides is 1. The summed E-state index contributed by atoms with van der Waals surface area (Å²) in [6.07, 6.45) is 6.33. The zero-order valence-electron chi connectivity index (χ0n) is 20.2. The highest BCUT2D eigenvalue weighted by molar-refractivity contribution is 5.97. The van der Waals surface area contributed by atoms with Crippen LogP contribution in [0.2, 0.25) is 0 Å². The number of anilines is 1. The van der Waals surface area contributed by atoms with Gasteiger partial charge in [0.05, 0.1) is 5.69 Å². The number of fused-ring (bicyclic) bond motifs is 1. The number of likely N-dealkylation sites (N-methyl/N-ethyl adjacent to an activating group) is 1. The summed E-state index contributed by atoms with van der Waals surface area (Å²) in [5, 5.41) is 8.82. The molecule has 2 aromatic heterocycles. The standard InChI is InChI=1S/C26H33N5O2/c1-17-21(8-11-26(2,3)4)25(30-29-17)23-14-18-6-7-19(15-22(18)28-23)31(5)24(32)16-33-20-9-12-27-13-10-20/h6-7,9,12,14-15,28H,8,10-11,13,16H2,1-5H3,(H,29,30). The fraction of sp³-hybridized carbons (Fsp3) is 0.423. The van der Waals surface area contributed by atoms with Gasteiger partial charge in [-0.15, -0.1) is 0 Å². The predicted molar refractivity (Wildman–Crippen MR) is 134 cm³/mol. The number of carbonyl (C=O) groups excluding carboxylic acids is 1. The van der Waals surface area contributed by atoms with Crippen molar-refractivity contribution >= 4 is 28.7 Å². The monoisotopic (exact) mass is 447 g/mol. The van der Waals surface area contributed by atoms with Crippen molar-refractivity contribution in [3.63, 3.8) is 0 Å². The first-order valence-electron chi connectivity index (χ1n) is 11.5. The molecular weight excluding hydrogens is 414 g/mol. The number of aryl methyl sites for hydroxylation is 1. The number of H-pyrrole nitrogens is 2. The van der Waals surface area contributed by atoms with Crippen LogP contribution >= 0.6 is 0 Å². The molecule has 1 aromatic carbocycles. The summed E-state index contributed by atoms with van der Waals surface area (Å²) in [7, 11) is 1.77. The summed E-state index contributed by atoms with van der Waals surface area (Å²) in [5.41, 5.74) is 6.36. The van der Waals surface area contributed by atoms with Crippen LogP contribution in [0.1, 0.15) is 44.9 Å². The quantitative estimate of drug-likeness (QED) is 0.523. The molecule has 4 rings (SSSR count). The summed E-state index contributed by atoms with van der Waals surface area (Å²) in [6, 6.07) is 8.11. The maximum atomic E-state index is 12.7. The Labute approximate surface area is 194 Å². The lowest BCUT2D eigenvalue weighted by Gasteiger charge is -2.19. The Morgan fingerprint density at radius 1 is 1.24 bits per heavy atom. The Hall–Kier alpha value is -3.35. The minimum Gasteiger partial charge on any atom is -0.488 e. The van der Waals surface area contributed by atoms with Crippen molar-refractivity contribution in [3.05, 3.63) is 47.4 Å². The number of aromatic nitrogens is 3. The first kappa shape index (κ1) is 22.8. The number of rotatable bonds is 7. The molecule has 2 N–H and O–H groups in total. The van der Waals surface area contributed by atoms with Gasteiger partial charge >= 0.3 is 0 Å². The molecule has 0 spiro atoms. The Morgan fingerprint density at radius 3 is 2.79 bits per heavy atom. The van der Waals surface area contributed by atoms with Gasteiger partial charge in [0, 0.05) is 54.1 Å². The number of nitrogens with one attached hydrogen (secondary N) is 2.